The van der Waals surface area contributed by atoms with Crippen molar-refractivity contribution < 1.29 is 9.53 Å². The van der Waals surface area contributed by atoms with E-state index in [1.807, 2.05) is 54.6 Å². The van der Waals surface area contributed by atoms with Crippen molar-refractivity contribution in [3.05, 3.63) is 112 Å². The number of hydrazone groups is 1. The van der Waals surface area contributed by atoms with Crippen molar-refractivity contribution in [2.24, 2.45) is 5.10 Å². The molecule has 1 N–H and O–H groups in total. The summed E-state index contributed by atoms with van der Waals surface area (Å²) in [5, 5.41) is 6.43. The molecule has 4 aromatic carbocycles. The standard InChI is InChI=1S/C25H19BrN2O2/c26-22-13-11-20(12-14-22)25(29)28-27-16-18-5-3-9-23(15-18)30-17-21-8-4-7-19-6-1-2-10-24(19)21/h1-16H,17H2,(H,28,29)/b27-16-. The number of nitrogens with zero attached hydrogens (tertiary/aromatic N) is 1. The van der Waals surface area contributed by atoms with Crippen LogP contribution in [0.3, 0.4) is 0 Å². The maximum atomic E-state index is 12.1. The molecule has 4 rings (SSSR count). The molecule has 0 spiro atoms. The van der Waals surface area contributed by atoms with Crippen molar-refractivity contribution in [3.63, 3.8) is 0 Å². The number of carbonyl (C=O) groups is 1. The van der Waals surface area contributed by atoms with Crippen LogP contribution in [0.15, 0.2) is 101 Å². The van der Waals surface area contributed by atoms with Gasteiger partial charge in [0.25, 0.3) is 5.91 Å². The zero-order valence-corrected chi connectivity index (χ0v) is 17.7. The highest BCUT2D eigenvalue weighted by molar-refractivity contribution is 9.10. The van der Waals surface area contributed by atoms with Gasteiger partial charge in [0.15, 0.2) is 0 Å². The summed E-state index contributed by atoms with van der Waals surface area (Å²) in [6.07, 6.45) is 1.60. The minimum Gasteiger partial charge on any atom is -0.489 e. The van der Waals surface area contributed by atoms with Gasteiger partial charge >= 0.3 is 0 Å². The van der Waals surface area contributed by atoms with Gasteiger partial charge in [-0.2, -0.15) is 5.10 Å². The molecule has 0 fully saturated rings. The van der Waals surface area contributed by atoms with E-state index in [-0.39, 0.29) is 5.91 Å². The number of halogens is 1. The molecule has 0 unspecified atom stereocenters. The Morgan fingerprint density at radius 1 is 0.933 bits per heavy atom. The summed E-state index contributed by atoms with van der Waals surface area (Å²) in [6, 6.07) is 29.2. The van der Waals surface area contributed by atoms with Crippen LogP contribution in [0.5, 0.6) is 5.75 Å². The molecule has 0 aromatic heterocycles. The quantitative estimate of drug-likeness (QED) is 0.286. The maximum Gasteiger partial charge on any atom is 0.271 e. The Bertz CT molecular complexity index is 1200. The summed E-state index contributed by atoms with van der Waals surface area (Å²) in [4.78, 5) is 12.1. The number of ether oxygens (including phenoxy) is 1. The molecule has 4 aromatic rings. The number of nitrogens with one attached hydrogen (secondary N) is 1. The topological polar surface area (TPSA) is 50.7 Å². The van der Waals surface area contributed by atoms with E-state index >= 15 is 0 Å². The lowest BCUT2D eigenvalue weighted by Crippen LogP contribution is -2.17. The number of benzene rings is 4. The lowest BCUT2D eigenvalue weighted by molar-refractivity contribution is 0.0955. The monoisotopic (exact) mass is 458 g/mol. The Morgan fingerprint density at radius 2 is 1.70 bits per heavy atom. The van der Waals surface area contributed by atoms with E-state index in [9.17, 15) is 4.79 Å². The first kappa shape index (κ1) is 19.9. The zero-order chi connectivity index (χ0) is 20.8. The molecule has 0 aliphatic rings. The summed E-state index contributed by atoms with van der Waals surface area (Å²) in [5.41, 5.74) is 5.05. The van der Waals surface area contributed by atoms with Gasteiger partial charge in [0.05, 0.1) is 6.21 Å². The Morgan fingerprint density at radius 3 is 2.57 bits per heavy atom. The SMILES string of the molecule is O=C(N/N=C\c1cccc(OCc2cccc3ccccc23)c1)c1ccc(Br)cc1. The van der Waals surface area contributed by atoms with Crippen LogP contribution < -0.4 is 10.2 Å². The molecular weight excluding hydrogens is 440 g/mol. The van der Waals surface area contributed by atoms with E-state index in [0.29, 0.717) is 12.2 Å². The third-order valence-electron chi connectivity index (χ3n) is 4.62. The fourth-order valence-corrected chi connectivity index (χ4v) is 3.36. The number of hydrogen-bond acceptors (Lipinski definition) is 3. The second-order valence-corrected chi connectivity index (χ2v) is 7.62. The summed E-state index contributed by atoms with van der Waals surface area (Å²) in [5.74, 6) is 0.480. The molecule has 5 heteroatoms. The van der Waals surface area contributed by atoms with Gasteiger partial charge < -0.3 is 4.74 Å². The maximum absolute atomic E-state index is 12.1. The van der Waals surface area contributed by atoms with Gasteiger partial charge in [-0.05, 0) is 58.3 Å². The highest BCUT2D eigenvalue weighted by Crippen LogP contribution is 2.21. The predicted octanol–water partition coefficient (Wildman–Crippen LogP) is 5.95. The summed E-state index contributed by atoms with van der Waals surface area (Å²) in [7, 11) is 0. The fraction of sp³-hybridized carbons (Fsp3) is 0.0400. The number of fused-ring (bicyclic) bond motifs is 1. The fourth-order valence-electron chi connectivity index (χ4n) is 3.10. The van der Waals surface area contributed by atoms with Gasteiger partial charge in [-0.25, -0.2) is 5.43 Å². The average Bonchev–Trinajstić information content (AvgIpc) is 2.78. The van der Waals surface area contributed by atoms with Crippen LogP contribution in [0.1, 0.15) is 21.5 Å². The predicted molar refractivity (Wildman–Crippen MR) is 124 cm³/mol. The van der Waals surface area contributed by atoms with Gasteiger partial charge in [-0.3, -0.25) is 4.79 Å². The zero-order valence-electron chi connectivity index (χ0n) is 16.1. The van der Waals surface area contributed by atoms with E-state index in [4.69, 9.17) is 4.74 Å². The number of rotatable bonds is 6. The van der Waals surface area contributed by atoms with Gasteiger partial charge in [-0.1, -0.05) is 70.5 Å². The van der Waals surface area contributed by atoms with E-state index in [1.165, 1.54) is 10.8 Å². The van der Waals surface area contributed by atoms with Gasteiger partial charge in [0.2, 0.25) is 0 Å². The first-order chi connectivity index (χ1) is 14.7. The second-order valence-electron chi connectivity index (χ2n) is 6.71. The summed E-state index contributed by atoms with van der Waals surface area (Å²) < 4.78 is 6.91. The van der Waals surface area contributed by atoms with Crippen molar-refractivity contribution in [3.8, 4) is 5.75 Å². The van der Waals surface area contributed by atoms with Crippen LogP contribution >= 0.6 is 15.9 Å². The van der Waals surface area contributed by atoms with Crippen LogP contribution in [-0.2, 0) is 6.61 Å². The van der Waals surface area contributed by atoms with Crippen LogP contribution in [-0.4, -0.2) is 12.1 Å². The number of carbonyl (C=O) groups excluding carboxylic acids is 1. The van der Waals surface area contributed by atoms with E-state index in [1.54, 1.807) is 18.3 Å². The van der Waals surface area contributed by atoms with Crippen molar-refractivity contribution in [2.75, 3.05) is 0 Å². The van der Waals surface area contributed by atoms with E-state index in [2.05, 4.69) is 50.7 Å². The molecule has 0 aliphatic carbocycles. The highest BCUT2D eigenvalue weighted by Gasteiger charge is 2.04. The molecule has 0 radical (unpaired) electrons. The van der Waals surface area contributed by atoms with E-state index in [0.717, 1.165) is 21.3 Å². The largest absolute Gasteiger partial charge is 0.489 e. The first-order valence-electron chi connectivity index (χ1n) is 9.47. The Hall–Kier alpha value is -3.44. The Kier molecular flexibility index (Phi) is 6.20. The minimum absolute atomic E-state index is 0.262. The molecule has 0 saturated heterocycles. The first-order valence-corrected chi connectivity index (χ1v) is 10.3. The number of amides is 1. The lowest BCUT2D eigenvalue weighted by atomic mass is 10.1. The number of hydrogen-bond donors (Lipinski definition) is 1. The van der Waals surface area contributed by atoms with Crippen LogP contribution in [0.2, 0.25) is 0 Å². The van der Waals surface area contributed by atoms with Gasteiger partial charge in [-0.15, -0.1) is 0 Å². The molecular formula is C25H19BrN2O2. The van der Waals surface area contributed by atoms with Crippen molar-refractivity contribution in [2.45, 2.75) is 6.61 Å². The minimum atomic E-state index is -0.262. The highest BCUT2D eigenvalue weighted by atomic mass is 79.9. The van der Waals surface area contributed by atoms with Gasteiger partial charge in [0, 0.05) is 10.0 Å². The van der Waals surface area contributed by atoms with Crippen LogP contribution in [0, 0.1) is 0 Å². The van der Waals surface area contributed by atoms with Crippen molar-refractivity contribution >= 4 is 38.8 Å². The molecule has 0 atom stereocenters. The lowest BCUT2D eigenvalue weighted by Gasteiger charge is -2.09. The molecule has 148 valence electrons. The van der Waals surface area contributed by atoms with Gasteiger partial charge in [0.1, 0.15) is 12.4 Å². The molecule has 4 nitrogen and oxygen atoms in total. The van der Waals surface area contributed by atoms with E-state index < -0.39 is 0 Å². The third kappa shape index (κ3) is 4.93. The molecule has 1 amide bonds. The molecule has 0 aliphatic heterocycles. The normalized spacial score (nSPS) is 11.0. The molecule has 30 heavy (non-hydrogen) atoms. The molecule has 0 saturated carbocycles. The third-order valence-corrected chi connectivity index (χ3v) is 5.15. The van der Waals surface area contributed by atoms with Crippen LogP contribution in [0.4, 0.5) is 0 Å². The summed E-state index contributed by atoms with van der Waals surface area (Å²) >= 11 is 3.35. The Balaban J connectivity index is 1.39. The van der Waals surface area contributed by atoms with Crippen molar-refractivity contribution in [1.29, 1.82) is 0 Å². The Labute approximate surface area is 183 Å². The molecule has 0 heterocycles. The molecule has 0 bridgehead atoms. The van der Waals surface area contributed by atoms with Crippen LogP contribution in [0.25, 0.3) is 10.8 Å². The summed E-state index contributed by atoms with van der Waals surface area (Å²) in [6.45, 7) is 0.474. The van der Waals surface area contributed by atoms with Crippen molar-refractivity contribution in [1.82, 2.24) is 5.43 Å². The average molecular weight is 459 g/mol. The second kappa shape index (κ2) is 9.37. The smallest absolute Gasteiger partial charge is 0.271 e.